The Kier molecular flexibility index (Phi) is 6.80. The van der Waals surface area contributed by atoms with Crippen LogP contribution >= 0.6 is 0 Å². The molecule has 0 heteroatoms. The highest BCUT2D eigenvalue weighted by Gasteiger charge is 2.37. The van der Waals surface area contributed by atoms with Crippen LogP contribution in [-0.4, -0.2) is 0 Å². The average molecular weight is 287 g/mol. The van der Waals surface area contributed by atoms with E-state index in [0.29, 0.717) is 5.41 Å². The molecule has 1 aromatic rings. The number of rotatable bonds is 2. The van der Waals surface area contributed by atoms with Gasteiger partial charge in [0.25, 0.3) is 0 Å². The minimum absolute atomic E-state index is 0.640. The first-order chi connectivity index (χ1) is 10.2. The molecule has 0 heterocycles. The van der Waals surface area contributed by atoms with E-state index in [0.717, 1.165) is 11.8 Å². The molecule has 0 amide bonds. The minimum Gasteiger partial charge on any atom is -0.0623 e. The largest absolute Gasteiger partial charge is 0.0623 e. The molecule has 0 spiro atoms. The van der Waals surface area contributed by atoms with E-state index in [4.69, 9.17) is 0 Å². The highest BCUT2D eigenvalue weighted by Crippen LogP contribution is 2.48. The van der Waals surface area contributed by atoms with Gasteiger partial charge in [0.05, 0.1) is 0 Å². The highest BCUT2D eigenvalue weighted by atomic mass is 14.4. The van der Waals surface area contributed by atoms with E-state index in [1.807, 2.05) is 36.4 Å². The molecule has 2 aliphatic rings. The van der Waals surface area contributed by atoms with Crippen LogP contribution in [0.4, 0.5) is 0 Å². The Morgan fingerprint density at radius 2 is 0.810 bits per heavy atom. The SMILES string of the molecule is CC(C)(C1CCCCC1)C1CCCCC1.c1ccccc1. The first-order valence-corrected chi connectivity index (χ1v) is 9.21. The Morgan fingerprint density at radius 1 is 0.524 bits per heavy atom. The van der Waals surface area contributed by atoms with Crippen molar-refractivity contribution in [3.63, 3.8) is 0 Å². The van der Waals surface area contributed by atoms with E-state index in [-0.39, 0.29) is 0 Å². The van der Waals surface area contributed by atoms with Crippen LogP contribution in [-0.2, 0) is 0 Å². The number of hydrogen-bond donors (Lipinski definition) is 0. The van der Waals surface area contributed by atoms with Gasteiger partial charge in [0.1, 0.15) is 0 Å². The summed E-state index contributed by atoms with van der Waals surface area (Å²) in [6.45, 7) is 5.14. The van der Waals surface area contributed by atoms with Crippen molar-refractivity contribution in [3.05, 3.63) is 36.4 Å². The number of hydrogen-bond acceptors (Lipinski definition) is 0. The topological polar surface area (TPSA) is 0 Å². The fourth-order valence-corrected chi connectivity index (χ4v) is 4.41. The maximum absolute atomic E-state index is 2.57. The summed E-state index contributed by atoms with van der Waals surface area (Å²) >= 11 is 0. The number of benzene rings is 1. The molecule has 2 aliphatic carbocycles. The van der Waals surface area contributed by atoms with Gasteiger partial charge in [-0.15, -0.1) is 0 Å². The molecule has 0 N–H and O–H groups in total. The van der Waals surface area contributed by atoms with Gasteiger partial charge in [-0.3, -0.25) is 0 Å². The predicted octanol–water partition coefficient (Wildman–Crippen LogP) is 6.86. The standard InChI is InChI=1S/C15H28.C6H6/c1-15(2,13-9-5-3-6-10-13)14-11-7-4-8-12-14;1-2-4-6-5-3-1/h13-14H,3-12H2,1-2H3;1-6H. The molecule has 0 aliphatic heterocycles. The molecule has 0 radical (unpaired) electrons. The van der Waals surface area contributed by atoms with Gasteiger partial charge >= 0.3 is 0 Å². The van der Waals surface area contributed by atoms with Crippen LogP contribution in [0.5, 0.6) is 0 Å². The maximum atomic E-state index is 2.57. The van der Waals surface area contributed by atoms with Crippen LogP contribution in [0.25, 0.3) is 0 Å². The summed E-state index contributed by atoms with van der Waals surface area (Å²) in [7, 11) is 0. The molecule has 21 heavy (non-hydrogen) atoms. The third-order valence-corrected chi connectivity index (χ3v) is 5.98. The lowest BCUT2D eigenvalue weighted by Gasteiger charge is -2.44. The summed E-state index contributed by atoms with van der Waals surface area (Å²) in [4.78, 5) is 0. The van der Waals surface area contributed by atoms with Crippen molar-refractivity contribution in [1.29, 1.82) is 0 Å². The molecule has 0 nitrogen and oxygen atoms in total. The van der Waals surface area contributed by atoms with Crippen molar-refractivity contribution in [2.75, 3.05) is 0 Å². The van der Waals surface area contributed by atoms with Crippen LogP contribution in [0.2, 0.25) is 0 Å². The van der Waals surface area contributed by atoms with Gasteiger partial charge in [-0.2, -0.15) is 0 Å². The average Bonchev–Trinajstić information content (AvgIpc) is 2.59. The van der Waals surface area contributed by atoms with Gasteiger partial charge in [0.2, 0.25) is 0 Å². The van der Waals surface area contributed by atoms with Crippen LogP contribution < -0.4 is 0 Å². The summed E-state index contributed by atoms with van der Waals surface area (Å²) < 4.78 is 0. The molecule has 0 atom stereocenters. The maximum Gasteiger partial charge on any atom is -0.0298 e. The Labute approximate surface area is 132 Å². The van der Waals surface area contributed by atoms with Crippen molar-refractivity contribution >= 4 is 0 Å². The summed E-state index contributed by atoms with van der Waals surface area (Å²) in [5.74, 6) is 2.07. The molecular formula is C21H34. The Balaban J connectivity index is 0.000000225. The zero-order valence-electron chi connectivity index (χ0n) is 14.2. The first-order valence-electron chi connectivity index (χ1n) is 9.21. The molecule has 0 unspecified atom stereocenters. The van der Waals surface area contributed by atoms with Crippen molar-refractivity contribution in [1.82, 2.24) is 0 Å². The van der Waals surface area contributed by atoms with E-state index in [1.165, 1.54) is 64.2 Å². The minimum atomic E-state index is 0.640. The summed E-state index contributed by atoms with van der Waals surface area (Å²) in [6, 6.07) is 12.0. The van der Waals surface area contributed by atoms with Crippen molar-refractivity contribution in [2.45, 2.75) is 78.1 Å². The van der Waals surface area contributed by atoms with E-state index in [1.54, 1.807) is 0 Å². The zero-order valence-corrected chi connectivity index (χ0v) is 14.2. The van der Waals surface area contributed by atoms with Gasteiger partial charge in [0, 0.05) is 0 Å². The van der Waals surface area contributed by atoms with Gasteiger partial charge in [0.15, 0.2) is 0 Å². The summed E-state index contributed by atoms with van der Waals surface area (Å²) in [5.41, 5.74) is 0.640. The van der Waals surface area contributed by atoms with Crippen molar-refractivity contribution in [2.24, 2.45) is 17.3 Å². The van der Waals surface area contributed by atoms with Crippen LogP contribution in [0.1, 0.15) is 78.1 Å². The van der Waals surface area contributed by atoms with Gasteiger partial charge < -0.3 is 0 Å². The summed E-state index contributed by atoms with van der Waals surface area (Å²) in [5, 5.41) is 0. The van der Waals surface area contributed by atoms with Gasteiger partial charge in [-0.1, -0.05) is 88.8 Å². The van der Waals surface area contributed by atoms with E-state index in [9.17, 15) is 0 Å². The summed E-state index contributed by atoms with van der Waals surface area (Å²) in [6.07, 6.45) is 15.1. The van der Waals surface area contributed by atoms with E-state index >= 15 is 0 Å². The Morgan fingerprint density at radius 3 is 1.10 bits per heavy atom. The molecule has 0 saturated heterocycles. The smallest absolute Gasteiger partial charge is 0.0298 e. The molecule has 118 valence electrons. The first kappa shape index (κ1) is 16.6. The highest BCUT2D eigenvalue weighted by molar-refractivity contribution is 4.99. The predicted molar refractivity (Wildman–Crippen MR) is 93.4 cm³/mol. The lowest BCUT2D eigenvalue weighted by Crippen LogP contribution is -2.35. The normalized spacial score (nSPS) is 21.4. The third kappa shape index (κ3) is 5.16. The lowest BCUT2D eigenvalue weighted by molar-refractivity contribution is 0.0587. The molecule has 2 saturated carbocycles. The fraction of sp³-hybridized carbons (Fsp3) is 0.714. The third-order valence-electron chi connectivity index (χ3n) is 5.98. The Bertz CT molecular complexity index is 306. The van der Waals surface area contributed by atoms with Gasteiger partial charge in [-0.05, 0) is 42.9 Å². The molecule has 2 fully saturated rings. The second-order valence-corrected chi connectivity index (χ2v) is 7.65. The van der Waals surface area contributed by atoms with Crippen molar-refractivity contribution < 1.29 is 0 Å². The molecule has 1 aromatic carbocycles. The quantitative estimate of drug-likeness (QED) is 0.557. The van der Waals surface area contributed by atoms with Crippen molar-refractivity contribution in [3.8, 4) is 0 Å². The van der Waals surface area contributed by atoms with Crippen LogP contribution in [0.3, 0.4) is 0 Å². The Hall–Kier alpha value is -0.780. The molecule has 0 bridgehead atoms. The van der Waals surface area contributed by atoms with Crippen LogP contribution in [0.15, 0.2) is 36.4 Å². The molecular weight excluding hydrogens is 252 g/mol. The molecule has 3 rings (SSSR count). The van der Waals surface area contributed by atoms with E-state index < -0.39 is 0 Å². The fourth-order valence-electron chi connectivity index (χ4n) is 4.41. The molecule has 0 aromatic heterocycles. The van der Waals surface area contributed by atoms with Gasteiger partial charge in [-0.25, -0.2) is 0 Å². The zero-order chi connectivity index (χ0) is 15.0. The second kappa shape index (κ2) is 8.61. The van der Waals surface area contributed by atoms with E-state index in [2.05, 4.69) is 13.8 Å². The second-order valence-electron chi connectivity index (χ2n) is 7.65. The monoisotopic (exact) mass is 286 g/mol. The van der Waals surface area contributed by atoms with Crippen LogP contribution in [0, 0.1) is 17.3 Å². The lowest BCUT2D eigenvalue weighted by atomic mass is 9.61.